The van der Waals surface area contributed by atoms with Gasteiger partial charge in [-0.05, 0) is 59.2 Å². The minimum absolute atomic E-state index is 0.131. The molecule has 1 aromatic rings. The predicted octanol–water partition coefficient (Wildman–Crippen LogP) is 1.65. The third-order valence-electron chi connectivity index (χ3n) is 6.27. The maximum atomic E-state index is 12.4. The Kier molecular flexibility index (Phi) is 7.88. The van der Waals surface area contributed by atoms with Crippen LogP contribution in [0.5, 0.6) is 0 Å². The molecule has 0 aliphatic carbocycles. The van der Waals surface area contributed by atoms with Crippen molar-refractivity contribution in [2.45, 2.75) is 58.7 Å². The molecule has 0 bridgehead atoms. The fraction of sp³-hybridized carbons (Fsp3) is 0.810. The lowest BCUT2D eigenvalue weighted by Crippen LogP contribution is -2.50. The number of nitrogens with one attached hydrogen (secondary N) is 1. The summed E-state index contributed by atoms with van der Waals surface area (Å²) in [7, 11) is 1.66. The van der Waals surface area contributed by atoms with Crippen molar-refractivity contribution < 1.29 is 9.53 Å². The Morgan fingerprint density at radius 3 is 2.75 bits per heavy atom. The van der Waals surface area contributed by atoms with Crippen molar-refractivity contribution >= 4 is 5.91 Å². The van der Waals surface area contributed by atoms with Gasteiger partial charge in [0.15, 0.2) is 0 Å². The van der Waals surface area contributed by atoms with E-state index < -0.39 is 0 Å². The number of nitrogens with zero attached hydrogens (tertiary/aromatic N) is 4. The number of amides is 1. The van der Waals surface area contributed by atoms with Crippen LogP contribution in [0.1, 0.15) is 43.9 Å². The number of hydrogen-bond donors (Lipinski definition) is 1. The molecule has 28 heavy (non-hydrogen) atoms. The Bertz CT molecular complexity index is 624. The van der Waals surface area contributed by atoms with Crippen LogP contribution in [0.3, 0.4) is 0 Å². The van der Waals surface area contributed by atoms with E-state index in [-0.39, 0.29) is 11.8 Å². The van der Waals surface area contributed by atoms with Gasteiger partial charge in [-0.25, -0.2) is 0 Å². The molecule has 2 saturated heterocycles. The molecular weight excluding hydrogens is 354 g/mol. The zero-order chi connectivity index (χ0) is 19.9. The normalized spacial score (nSPS) is 22.5. The fourth-order valence-corrected chi connectivity index (χ4v) is 4.53. The summed E-state index contributed by atoms with van der Waals surface area (Å²) < 4.78 is 7.06. The molecule has 1 N–H and O–H groups in total. The molecular formula is C21H37N5O2. The molecule has 158 valence electrons. The van der Waals surface area contributed by atoms with E-state index in [1.807, 2.05) is 4.68 Å². The Hall–Kier alpha value is -1.44. The van der Waals surface area contributed by atoms with Gasteiger partial charge in [0.1, 0.15) is 0 Å². The molecule has 3 heterocycles. The number of likely N-dealkylation sites (tertiary alicyclic amines) is 2. The summed E-state index contributed by atoms with van der Waals surface area (Å²) in [5, 5.41) is 7.59. The first-order valence-corrected chi connectivity index (χ1v) is 10.9. The largest absolute Gasteiger partial charge is 0.383 e. The van der Waals surface area contributed by atoms with Crippen molar-refractivity contribution in [1.29, 1.82) is 0 Å². The molecule has 1 aromatic heterocycles. The van der Waals surface area contributed by atoms with Gasteiger partial charge >= 0.3 is 0 Å². The lowest BCUT2D eigenvalue weighted by Gasteiger charge is -2.42. The second-order valence-electron chi connectivity index (χ2n) is 8.22. The summed E-state index contributed by atoms with van der Waals surface area (Å²) in [6.07, 6.45) is 6.71. The van der Waals surface area contributed by atoms with Crippen LogP contribution >= 0.6 is 0 Å². The number of aryl methyl sites for hydroxylation is 2. The number of carbonyl (C=O) groups is 1. The summed E-state index contributed by atoms with van der Waals surface area (Å²) in [6.45, 7) is 11.7. The number of piperidine rings is 2. The number of rotatable bonds is 8. The Morgan fingerprint density at radius 1 is 1.29 bits per heavy atom. The average molecular weight is 392 g/mol. The van der Waals surface area contributed by atoms with Gasteiger partial charge in [-0.1, -0.05) is 0 Å². The number of carbonyl (C=O) groups excluding carboxylic acids is 1. The molecule has 0 aromatic carbocycles. The summed E-state index contributed by atoms with van der Waals surface area (Å²) in [4.78, 5) is 17.5. The molecule has 0 radical (unpaired) electrons. The van der Waals surface area contributed by atoms with Crippen LogP contribution in [0.25, 0.3) is 0 Å². The highest BCUT2D eigenvalue weighted by Crippen LogP contribution is 2.25. The molecule has 2 fully saturated rings. The van der Waals surface area contributed by atoms with Gasteiger partial charge in [0.05, 0.1) is 18.2 Å². The zero-order valence-corrected chi connectivity index (χ0v) is 17.8. The Labute approximate surface area is 169 Å². The topological polar surface area (TPSA) is 62.6 Å². The zero-order valence-electron chi connectivity index (χ0n) is 17.8. The molecule has 1 atom stereocenters. The van der Waals surface area contributed by atoms with Crippen molar-refractivity contribution in [3.8, 4) is 0 Å². The van der Waals surface area contributed by atoms with Gasteiger partial charge in [0, 0.05) is 51.1 Å². The first-order valence-electron chi connectivity index (χ1n) is 10.9. The molecule has 0 saturated carbocycles. The van der Waals surface area contributed by atoms with Crippen LogP contribution in [0, 0.1) is 12.8 Å². The fourth-order valence-electron chi connectivity index (χ4n) is 4.53. The van der Waals surface area contributed by atoms with Crippen molar-refractivity contribution in [3.63, 3.8) is 0 Å². The van der Waals surface area contributed by atoms with E-state index in [0.717, 1.165) is 57.8 Å². The van der Waals surface area contributed by atoms with Crippen molar-refractivity contribution in [3.05, 3.63) is 17.5 Å². The SMILES string of the molecule is CCn1cc(CN2CCC(N3CCC[C@@H](C(=O)NCCOC)C3)CC2)c(C)n1. The third kappa shape index (κ3) is 5.55. The third-order valence-corrected chi connectivity index (χ3v) is 6.27. The van der Waals surface area contributed by atoms with Gasteiger partial charge in [-0.2, -0.15) is 5.10 Å². The van der Waals surface area contributed by atoms with Crippen LogP contribution in [0.2, 0.25) is 0 Å². The highest BCUT2D eigenvalue weighted by Gasteiger charge is 2.31. The second kappa shape index (κ2) is 10.4. The quantitative estimate of drug-likeness (QED) is 0.683. The minimum atomic E-state index is 0.131. The van der Waals surface area contributed by atoms with Gasteiger partial charge in [-0.15, -0.1) is 0 Å². The minimum Gasteiger partial charge on any atom is -0.383 e. The summed E-state index contributed by atoms with van der Waals surface area (Å²) in [6, 6.07) is 0.616. The molecule has 1 amide bonds. The van der Waals surface area contributed by atoms with E-state index in [4.69, 9.17) is 4.74 Å². The summed E-state index contributed by atoms with van der Waals surface area (Å²) in [5.41, 5.74) is 2.51. The smallest absolute Gasteiger partial charge is 0.224 e. The molecule has 2 aliphatic heterocycles. The van der Waals surface area contributed by atoms with Gasteiger partial charge in [-0.3, -0.25) is 19.3 Å². The van der Waals surface area contributed by atoms with E-state index in [2.05, 4.69) is 40.3 Å². The van der Waals surface area contributed by atoms with Crippen molar-refractivity contribution in [2.75, 3.05) is 46.4 Å². The lowest BCUT2D eigenvalue weighted by molar-refractivity contribution is -0.127. The summed E-state index contributed by atoms with van der Waals surface area (Å²) in [5.74, 6) is 0.328. The first-order chi connectivity index (χ1) is 13.6. The molecule has 0 spiro atoms. The maximum absolute atomic E-state index is 12.4. The van der Waals surface area contributed by atoms with Crippen LogP contribution < -0.4 is 5.32 Å². The van der Waals surface area contributed by atoms with Crippen molar-refractivity contribution in [1.82, 2.24) is 24.9 Å². The highest BCUT2D eigenvalue weighted by atomic mass is 16.5. The number of hydrogen-bond acceptors (Lipinski definition) is 5. The van der Waals surface area contributed by atoms with Gasteiger partial charge in [0.2, 0.25) is 5.91 Å². The standard InChI is InChI=1S/C21H37N5O2/c1-4-26-16-19(17(2)23-26)14-24-11-7-20(8-12-24)25-10-5-6-18(15-25)21(27)22-9-13-28-3/h16,18,20H,4-15H2,1-3H3,(H,22,27)/t18-/m1/s1. The lowest BCUT2D eigenvalue weighted by atomic mass is 9.93. The van der Waals surface area contributed by atoms with Crippen LogP contribution in [-0.4, -0.2) is 78.0 Å². The molecule has 0 unspecified atom stereocenters. The first kappa shape index (κ1) is 21.3. The van der Waals surface area contributed by atoms with Gasteiger partial charge < -0.3 is 10.1 Å². The van der Waals surface area contributed by atoms with Crippen LogP contribution in [-0.2, 0) is 22.6 Å². The number of ether oxygens (including phenoxy) is 1. The number of aromatic nitrogens is 2. The highest BCUT2D eigenvalue weighted by molar-refractivity contribution is 5.78. The molecule has 7 nitrogen and oxygen atoms in total. The Morgan fingerprint density at radius 2 is 2.07 bits per heavy atom. The Balaban J connectivity index is 1.45. The summed E-state index contributed by atoms with van der Waals surface area (Å²) >= 11 is 0. The van der Waals surface area contributed by atoms with E-state index in [9.17, 15) is 4.79 Å². The van der Waals surface area contributed by atoms with Gasteiger partial charge in [0.25, 0.3) is 0 Å². The van der Waals surface area contributed by atoms with E-state index in [0.29, 0.717) is 19.2 Å². The van der Waals surface area contributed by atoms with Crippen molar-refractivity contribution in [2.24, 2.45) is 5.92 Å². The van der Waals surface area contributed by atoms with Crippen LogP contribution in [0.4, 0.5) is 0 Å². The predicted molar refractivity (Wildman–Crippen MR) is 110 cm³/mol. The second-order valence-corrected chi connectivity index (χ2v) is 8.22. The number of methoxy groups -OCH3 is 1. The molecule has 7 heteroatoms. The van der Waals surface area contributed by atoms with E-state index in [1.165, 1.54) is 18.4 Å². The monoisotopic (exact) mass is 391 g/mol. The van der Waals surface area contributed by atoms with Crippen LogP contribution in [0.15, 0.2) is 6.20 Å². The molecule has 3 rings (SSSR count). The average Bonchev–Trinajstić information content (AvgIpc) is 3.08. The van der Waals surface area contributed by atoms with E-state index in [1.54, 1.807) is 7.11 Å². The molecule has 2 aliphatic rings. The van der Waals surface area contributed by atoms with E-state index >= 15 is 0 Å². The maximum Gasteiger partial charge on any atom is 0.224 e.